The quantitative estimate of drug-likeness (QED) is 0.0429. The summed E-state index contributed by atoms with van der Waals surface area (Å²) < 4.78 is 10.5. The average Bonchev–Trinajstić information content (AvgIpc) is 3.09. The van der Waals surface area contributed by atoms with E-state index in [0.717, 1.165) is 44.9 Å². The van der Waals surface area contributed by atoms with Gasteiger partial charge in [-0.2, -0.15) is 0 Å². The molecule has 0 bridgehead atoms. The number of unbranched alkanes of at least 4 members (excludes halogenated alkanes) is 11. The third kappa shape index (κ3) is 35.9. The zero-order chi connectivity index (χ0) is 35.0. The van der Waals surface area contributed by atoms with E-state index >= 15 is 0 Å². The Labute approximate surface area is 295 Å². The zero-order valence-electron chi connectivity index (χ0n) is 30.7. The van der Waals surface area contributed by atoms with Gasteiger partial charge in [-0.05, 0) is 83.5 Å². The lowest BCUT2D eigenvalue weighted by Gasteiger charge is -2.15. The van der Waals surface area contributed by atoms with Gasteiger partial charge in [0.15, 0.2) is 6.10 Å². The van der Waals surface area contributed by atoms with E-state index in [4.69, 9.17) is 9.47 Å². The van der Waals surface area contributed by atoms with Crippen molar-refractivity contribution in [2.24, 2.45) is 0 Å². The summed E-state index contributed by atoms with van der Waals surface area (Å²) in [6.45, 7) is 3.99. The Hall–Kier alpha value is -2.92. The first-order valence-corrected chi connectivity index (χ1v) is 19.1. The molecular formula is C43H70O5. The lowest BCUT2D eigenvalue weighted by atomic mass is 10.1. The van der Waals surface area contributed by atoms with Crippen molar-refractivity contribution in [1.82, 2.24) is 0 Å². The molecule has 0 rings (SSSR count). The summed E-state index contributed by atoms with van der Waals surface area (Å²) >= 11 is 0. The molecule has 1 atom stereocenters. The van der Waals surface area contributed by atoms with E-state index in [9.17, 15) is 14.7 Å². The first-order chi connectivity index (χ1) is 23.6. The molecule has 1 unspecified atom stereocenters. The first-order valence-electron chi connectivity index (χ1n) is 19.1. The van der Waals surface area contributed by atoms with Crippen molar-refractivity contribution in [2.45, 2.75) is 161 Å². The van der Waals surface area contributed by atoms with Gasteiger partial charge in [0.1, 0.15) is 6.61 Å². The Morgan fingerprint density at radius 1 is 0.479 bits per heavy atom. The zero-order valence-corrected chi connectivity index (χ0v) is 30.7. The molecule has 5 nitrogen and oxygen atoms in total. The van der Waals surface area contributed by atoms with Crippen LogP contribution in [0.25, 0.3) is 0 Å². The number of carbonyl (C=O) groups is 2. The average molecular weight is 667 g/mol. The van der Waals surface area contributed by atoms with Crippen LogP contribution in [0.15, 0.2) is 85.1 Å². The second-order valence-corrected chi connectivity index (χ2v) is 12.3. The van der Waals surface area contributed by atoms with Gasteiger partial charge >= 0.3 is 11.9 Å². The maximum atomic E-state index is 12.1. The molecule has 272 valence electrons. The highest BCUT2D eigenvalue weighted by atomic mass is 16.6. The summed E-state index contributed by atoms with van der Waals surface area (Å²) in [6.07, 6.45) is 52.2. The van der Waals surface area contributed by atoms with Crippen LogP contribution in [-0.2, 0) is 19.1 Å². The van der Waals surface area contributed by atoms with Crippen LogP contribution in [-0.4, -0.2) is 36.4 Å². The van der Waals surface area contributed by atoms with Gasteiger partial charge in [-0.15, -0.1) is 0 Å². The molecule has 0 heterocycles. The minimum absolute atomic E-state index is 0.119. The number of ether oxygens (including phenoxy) is 2. The van der Waals surface area contributed by atoms with E-state index in [1.807, 2.05) is 0 Å². The summed E-state index contributed by atoms with van der Waals surface area (Å²) in [5.74, 6) is -0.726. The normalized spacial score (nSPS) is 13.1. The minimum atomic E-state index is -0.824. The van der Waals surface area contributed by atoms with Gasteiger partial charge in [0.2, 0.25) is 0 Å². The van der Waals surface area contributed by atoms with Crippen LogP contribution in [0.5, 0.6) is 0 Å². The number of esters is 2. The van der Waals surface area contributed by atoms with Crippen molar-refractivity contribution in [3.63, 3.8) is 0 Å². The highest BCUT2D eigenvalue weighted by Crippen LogP contribution is 2.08. The van der Waals surface area contributed by atoms with E-state index < -0.39 is 6.10 Å². The van der Waals surface area contributed by atoms with Crippen LogP contribution >= 0.6 is 0 Å². The first kappa shape index (κ1) is 45.1. The van der Waals surface area contributed by atoms with Crippen LogP contribution < -0.4 is 0 Å². The van der Waals surface area contributed by atoms with Gasteiger partial charge in [-0.25, -0.2) is 0 Å². The molecule has 0 aliphatic carbocycles. The van der Waals surface area contributed by atoms with E-state index in [0.29, 0.717) is 19.3 Å². The molecular weight excluding hydrogens is 596 g/mol. The van der Waals surface area contributed by atoms with Crippen LogP contribution in [0.3, 0.4) is 0 Å². The summed E-state index contributed by atoms with van der Waals surface area (Å²) in [7, 11) is 0. The summed E-state index contributed by atoms with van der Waals surface area (Å²) in [5.41, 5.74) is 0. The van der Waals surface area contributed by atoms with Crippen LogP contribution in [0, 0.1) is 0 Å². The van der Waals surface area contributed by atoms with Gasteiger partial charge in [0.25, 0.3) is 0 Å². The highest BCUT2D eigenvalue weighted by molar-refractivity contribution is 5.70. The molecule has 0 aromatic rings. The van der Waals surface area contributed by atoms with Crippen molar-refractivity contribution in [2.75, 3.05) is 13.2 Å². The van der Waals surface area contributed by atoms with Gasteiger partial charge in [-0.1, -0.05) is 144 Å². The fourth-order valence-corrected chi connectivity index (χ4v) is 4.74. The molecule has 48 heavy (non-hydrogen) atoms. The molecule has 0 amide bonds. The number of carbonyl (C=O) groups excluding carboxylic acids is 2. The predicted molar refractivity (Wildman–Crippen MR) is 205 cm³/mol. The smallest absolute Gasteiger partial charge is 0.306 e. The number of rotatable bonds is 33. The van der Waals surface area contributed by atoms with Gasteiger partial charge in [0.05, 0.1) is 6.61 Å². The van der Waals surface area contributed by atoms with E-state index in [1.54, 1.807) is 0 Å². The number of aliphatic hydroxyl groups excluding tert-OH is 1. The summed E-state index contributed by atoms with van der Waals surface area (Å²) in [6, 6.07) is 0. The summed E-state index contributed by atoms with van der Waals surface area (Å²) in [4.78, 5) is 24.2. The van der Waals surface area contributed by atoms with Crippen molar-refractivity contribution >= 4 is 11.9 Å². The topological polar surface area (TPSA) is 72.8 Å². The lowest BCUT2D eigenvalue weighted by molar-refractivity contribution is -0.161. The van der Waals surface area contributed by atoms with E-state index in [1.165, 1.54) is 70.6 Å². The largest absolute Gasteiger partial charge is 0.462 e. The number of hydrogen-bond donors (Lipinski definition) is 1. The molecule has 0 radical (unpaired) electrons. The SMILES string of the molecule is CCCCCC=CCC=CCC=CCC=CCCCC(=O)OC(CO)COC(=O)CCCC=CCC=CCC=CCCCCCCCC. The van der Waals surface area contributed by atoms with Gasteiger partial charge in [0, 0.05) is 12.8 Å². The maximum absolute atomic E-state index is 12.1. The monoisotopic (exact) mass is 667 g/mol. The molecule has 0 spiro atoms. The second kappa shape index (κ2) is 38.5. The van der Waals surface area contributed by atoms with Gasteiger partial charge in [-0.3, -0.25) is 9.59 Å². The Morgan fingerprint density at radius 2 is 0.833 bits per heavy atom. The number of aliphatic hydroxyl groups is 1. The van der Waals surface area contributed by atoms with Crippen molar-refractivity contribution in [3.05, 3.63) is 85.1 Å². The minimum Gasteiger partial charge on any atom is -0.462 e. The third-order valence-corrected chi connectivity index (χ3v) is 7.66. The molecule has 0 saturated heterocycles. The molecule has 1 N–H and O–H groups in total. The van der Waals surface area contributed by atoms with E-state index in [-0.39, 0.29) is 31.6 Å². The fourth-order valence-electron chi connectivity index (χ4n) is 4.74. The Balaban J connectivity index is 3.78. The maximum Gasteiger partial charge on any atom is 0.306 e. The third-order valence-electron chi connectivity index (χ3n) is 7.66. The van der Waals surface area contributed by atoms with Crippen molar-refractivity contribution in [1.29, 1.82) is 0 Å². The van der Waals surface area contributed by atoms with E-state index in [2.05, 4.69) is 98.9 Å². The molecule has 0 saturated carbocycles. The van der Waals surface area contributed by atoms with Crippen LogP contribution in [0.2, 0.25) is 0 Å². The second-order valence-electron chi connectivity index (χ2n) is 12.3. The summed E-state index contributed by atoms with van der Waals surface area (Å²) in [5, 5.41) is 9.53. The molecule has 0 aromatic heterocycles. The standard InChI is InChI=1S/C43H70O5/c1-3-5-7-9-11-13-15-17-19-21-23-25-27-29-31-33-35-37-42(45)47-40-41(39-44)48-43(46)38-36-34-32-30-28-26-24-22-20-18-16-14-12-10-8-6-4-2/h12,14,17-20,23-26,29-32,41,44H,3-11,13,15-16,21-22,27-28,33-40H2,1-2H3. The fraction of sp³-hybridized carbons (Fsp3) is 0.628. The van der Waals surface area contributed by atoms with Crippen LogP contribution in [0.1, 0.15) is 155 Å². The van der Waals surface area contributed by atoms with Crippen molar-refractivity contribution in [3.8, 4) is 0 Å². The molecule has 5 heteroatoms. The highest BCUT2D eigenvalue weighted by Gasteiger charge is 2.15. The van der Waals surface area contributed by atoms with Crippen LogP contribution in [0.4, 0.5) is 0 Å². The Kier molecular flexibility index (Phi) is 36.2. The number of hydrogen-bond acceptors (Lipinski definition) is 5. The lowest BCUT2D eigenvalue weighted by Crippen LogP contribution is -2.28. The molecule has 0 fully saturated rings. The molecule has 0 aliphatic heterocycles. The van der Waals surface area contributed by atoms with Crippen molar-refractivity contribution < 1.29 is 24.2 Å². The molecule has 0 aromatic carbocycles. The molecule has 0 aliphatic rings. The Morgan fingerprint density at radius 3 is 1.29 bits per heavy atom. The Bertz CT molecular complexity index is 937. The number of allylic oxidation sites excluding steroid dienone is 14. The predicted octanol–water partition coefficient (Wildman–Crippen LogP) is 11.9. The van der Waals surface area contributed by atoms with Gasteiger partial charge < -0.3 is 14.6 Å².